The molecule has 0 aliphatic carbocycles. The molecule has 0 aliphatic heterocycles. The van der Waals surface area contributed by atoms with Crippen molar-refractivity contribution >= 4 is 17.2 Å². The summed E-state index contributed by atoms with van der Waals surface area (Å²) in [7, 11) is 3.56. The number of methoxy groups -OCH3 is 1. The summed E-state index contributed by atoms with van der Waals surface area (Å²) in [4.78, 5) is 2.37. The summed E-state index contributed by atoms with van der Waals surface area (Å²) in [5.41, 5.74) is 7.45. The summed E-state index contributed by atoms with van der Waals surface area (Å²) in [5.74, 6) is 0.686. The number of thiocarbonyl (C=S) groups is 1. The first-order valence-electron chi connectivity index (χ1n) is 5.77. The maximum absolute atomic E-state index is 9.32. The smallest absolute Gasteiger partial charge is 0.129 e. The molecule has 0 fully saturated rings. The van der Waals surface area contributed by atoms with Crippen LogP contribution >= 0.6 is 12.2 Å². The third-order valence-corrected chi connectivity index (χ3v) is 2.78. The fourth-order valence-electron chi connectivity index (χ4n) is 1.86. The number of hydrogen-bond acceptors (Lipinski definition) is 4. The van der Waals surface area contributed by atoms with Gasteiger partial charge in [-0.3, -0.25) is 4.90 Å². The van der Waals surface area contributed by atoms with E-state index in [2.05, 4.69) is 0 Å². The first-order valence-corrected chi connectivity index (χ1v) is 6.18. The molecular weight excluding hydrogens is 248 g/mol. The second-order valence-corrected chi connectivity index (χ2v) is 4.88. The fourth-order valence-corrected chi connectivity index (χ4v) is 2.03. The Hall–Kier alpha value is -1.17. The lowest BCUT2D eigenvalue weighted by molar-refractivity contribution is 0.138. The molecule has 1 aromatic carbocycles. The van der Waals surface area contributed by atoms with E-state index in [9.17, 15) is 5.11 Å². The van der Waals surface area contributed by atoms with Crippen molar-refractivity contribution in [2.45, 2.75) is 19.6 Å². The van der Waals surface area contributed by atoms with Crippen molar-refractivity contribution in [2.75, 3.05) is 20.7 Å². The first-order chi connectivity index (χ1) is 8.43. The van der Waals surface area contributed by atoms with Crippen LogP contribution in [0.2, 0.25) is 0 Å². The molecule has 5 heteroatoms. The monoisotopic (exact) mass is 268 g/mol. The van der Waals surface area contributed by atoms with Gasteiger partial charge in [-0.05, 0) is 31.7 Å². The number of benzene rings is 1. The number of rotatable bonds is 6. The number of nitrogens with zero attached hydrogens (tertiary/aromatic N) is 1. The molecule has 0 amide bonds. The number of nitrogens with two attached hydrogens (primary N) is 1. The maximum Gasteiger partial charge on any atom is 0.129 e. The van der Waals surface area contributed by atoms with E-state index < -0.39 is 0 Å². The van der Waals surface area contributed by atoms with Crippen molar-refractivity contribution in [3.63, 3.8) is 0 Å². The van der Waals surface area contributed by atoms with Crippen LogP contribution in [0.3, 0.4) is 0 Å². The average Bonchev–Trinajstić information content (AvgIpc) is 2.27. The van der Waals surface area contributed by atoms with Crippen molar-refractivity contribution in [1.82, 2.24) is 4.90 Å². The summed E-state index contributed by atoms with van der Waals surface area (Å²) in [6.07, 6.45) is -0.340. The van der Waals surface area contributed by atoms with E-state index >= 15 is 0 Å². The van der Waals surface area contributed by atoms with Crippen LogP contribution in [0.5, 0.6) is 5.75 Å². The molecule has 3 N–H and O–H groups in total. The van der Waals surface area contributed by atoms with Gasteiger partial charge in [0.2, 0.25) is 0 Å². The Balaban J connectivity index is 2.82. The van der Waals surface area contributed by atoms with Crippen molar-refractivity contribution in [1.29, 1.82) is 0 Å². The molecule has 0 saturated carbocycles. The summed E-state index contributed by atoms with van der Waals surface area (Å²) in [6.45, 7) is 3.13. The van der Waals surface area contributed by atoms with Crippen molar-refractivity contribution < 1.29 is 9.84 Å². The SMILES string of the molecule is COc1cc(CN(C)CC(C)O)ccc1C(N)=S. The third kappa shape index (κ3) is 4.25. The lowest BCUT2D eigenvalue weighted by Gasteiger charge is -2.19. The van der Waals surface area contributed by atoms with Gasteiger partial charge in [0.25, 0.3) is 0 Å². The second-order valence-electron chi connectivity index (χ2n) is 4.44. The van der Waals surface area contributed by atoms with Gasteiger partial charge in [-0.15, -0.1) is 0 Å². The first kappa shape index (κ1) is 14.9. The predicted molar refractivity (Wildman–Crippen MR) is 76.9 cm³/mol. The van der Waals surface area contributed by atoms with Crippen LogP contribution in [0.15, 0.2) is 18.2 Å². The van der Waals surface area contributed by atoms with E-state index in [1.54, 1.807) is 14.0 Å². The van der Waals surface area contributed by atoms with Crippen LogP contribution in [0, 0.1) is 0 Å². The number of aliphatic hydroxyl groups is 1. The van der Waals surface area contributed by atoms with Crippen molar-refractivity contribution in [3.8, 4) is 5.75 Å². The van der Waals surface area contributed by atoms with Crippen LogP contribution in [-0.4, -0.2) is 41.8 Å². The standard InChI is InChI=1S/C13H20N2O2S/c1-9(16)7-15(2)8-10-4-5-11(13(14)18)12(6-10)17-3/h4-6,9,16H,7-8H2,1-3H3,(H2,14,18). The van der Waals surface area contributed by atoms with Crippen LogP contribution in [0.4, 0.5) is 0 Å². The van der Waals surface area contributed by atoms with E-state index in [-0.39, 0.29) is 6.10 Å². The molecule has 4 nitrogen and oxygen atoms in total. The lowest BCUT2D eigenvalue weighted by atomic mass is 10.1. The molecule has 0 aromatic heterocycles. The van der Waals surface area contributed by atoms with Gasteiger partial charge in [0.05, 0.1) is 18.8 Å². The molecule has 0 heterocycles. The fraction of sp³-hybridized carbons (Fsp3) is 0.462. The molecule has 1 atom stereocenters. The molecule has 0 radical (unpaired) electrons. The molecule has 0 spiro atoms. The molecule has 0 saturated heterocycles. The quantitative estimate of drug-likeness (QED) is 0.758. The maximum atomic E-state index is 9.32. The molecule has 1 aromatic rings. The highest BCUT2D eigenvalue weighted by molar-refractivity contribution is 7.80. The van der Waals surface area contributed by atoms with Gasteiger partial charge >= 0.3 is 0 Å². The molecule has 100 valence electrons. The summed E-state index contributed by atoms with van der Waals surface area (Å²) in [5, 5.41) is 9.32. The summed E-state index contributed by atoms with van der Waals surface area (Å²) in [6, 6.07) is 5.76. The molecular formula is C13H20N2O2S. The van der Waals surface area contributed by atoms with E-state index in [4.69, 9.17) is 22.7 Å². The Morgan fingerprint density at radius 1 is 1.56 bits per heavy atom. The Kier molecular flexibility index (Phi) is 5.53. The van der Waals surface area contributed by atoms with Gasteiger partial charge in [-0.1, -0.05) is 18.3 Å². The Labute approximate surface area is 113 Å². The van der Waals surface area contributed by atoms with Crippen LogP contribution in [-0.2, 0) is 6.54 Å². The predicted octanol–water partition coefficient (Wildman–Crippen LogP) is 1.14. The zero-order chi connectivity index (χ0) is 13.7. The lowest BCUT2D eigenvalue weighted by Crippen LogP contribution is -2.26. The molecule has 18 heavy (non-hydrogen) atoms. The summed E-state index contributed by atoms with van der Waals surface area (Å²) >= 11 is 4.96. The van der Waals surface area contributed by atoms with Crippen molar-refractivity contribution in [2.24, 2.45) is 5.73 Å². The minimum atomic E-state index is -0.340. The summed E-state index contributed by atoms with van der Waals surface area (Å²) < 4.78 is 5.27. The number of aliphatic hydroxyl groups excluding tert-OH is 1. The Morgan fingerprint density at radius 3 is 2.72 bits per heavy atom. The van der Waals surface area contributed by atoms with E-state index in [0.717, 1.165) is 17.7 Å². The zero-order valence-corrected chi connectivity index (χ0v) is 11.8. The molecule has 1 rings (SSSR count). The van der Waals surface area contributed by atoms with E-state index in [1.165, 1.54) is 0 Å². The molecule has 0 bridgehead atoms. The third-order valence-electron chi connectivity index (χ3n) is 2.56. The van der Waals surface area contributed by atoms with Crippen LogP contribution in [0.25, 0.3) is 0 Å². The number of hydrogen-bond donors (Lipinski definition) is 2. The minimum Gasteiger partial charge on any atom is -0.496 e. The van der Waals surface area contributed by atoms with Crippen LogP contribution < -0.4 is 10.5 Å². The zero-order valence-electron chi connectivity index (χ0n) is 11.0. The number of ether oxygens (including phenoxy) is 1. The average molecular weight is 268 g/mol. The van der Waals surface area contributed by atoms with E-state index in [0.29, 0.717) is 17.3 Å². The number of likely N-dealkylation sites (N-methyl/N-ethyl adjacent to an activating group) is 1. The van der Waals surface area contributed by atoms with E-state index in [1.807, 2.05) is 30.1 Å². The van der Waals surface area contributed by atoms with Gasteiger partial charge in [0.1, 0.15) is 10.7 Å². The van der Waals surface area contributed by atoms with Gasteiger partial charge in [-0.25, -0.2) is 0 Å². The normalized spacial score (nSPS) is 12.5. The highest BCUT2D eigenvalue weighted by Crippen LogP contribution is 2.20. The Bertz CT molecular complexity index is 421. The highest BCUT2D eigenvalue weighted by Gasteiger charge is 2.09. The topological polar surface area (TPSA) is 58.7 Å². The Morgan fingerprint density at radius 2 is 2.22 bits per heavy atom. The molecule has 0 aliphatic rings. The minimum absolute atomic E-state index is 0.329. The van der Waals surface area contributed by atoms with Crippen LogP contribution in [0.1, 0.15) is 18.1 Å². The van der Waals surface area contributed by atoms with Crippen molar-refractivity contribution in [3.05, 3.63) is 29.3 Å². The largest absolute Gasteiger partial charge is 0.496 e. The highest BCUT2D eigenvalue weighted by atomic mass is 32.1. The second kappa shape index (κ2) is 6.68. The van der Waals surface area contributed by atoms with Gasteiger partial charge < -0.3 is 15.6 Å². The van der Waals surface area contributed by atoms with Gasteiger partial charge in [0, 0.05) is 13.1 Å². The molecule has 1 unspecified atom stereocenters. The van der Waals surface area contributed by atoms with Gasteiger partial charge in [0.15, 0.2) is 0 Å². The van der Waals surface area contributed by atoms with Gasteiger partial charge in [-0.2, -0.15) is 0 Å².